The van der Waals surface area contributed by atoms with Crippen molar-refractivity contribution in [2.24, 2.45) is 0 Å². The minimum Gasteiger partial charge on any atom is -0.486 e. The van der Waals surface area contributed by atoms with Gasteiger partial charge in [0, 0.05) is 11.3 Å². The van der Waals surface area contributed by atoms with E-state index in [1.165, 1.54) is 23.4 Å². The maximum Gasteiger partial charge on any atom is 0.260 e. The molecule has 1 atom stereocenters. The third kappa shape index (κ3) is 6.10. The van der Waals surface area contributed by atoms with Gasteiger partial charge < -0.3 is 15.4 Å². The van der Waals surface area contributed by atoms with Crippen LogP contribution in [0.3, 0.4) is 0 Å². The highest BCUT2D eigenvalue weighted by atomic mass is 127. The lowest BCUT2D eigenvalue weighted by molar-refractivity contribution is -0.116. The number of thioether (sulfide) groups is 1. The number of ether oxygens (including phenoxy) is 1. The Morgan fingerprint density at radius 1 is 1.21 bits per heavy atom. The highest BCUT2D eigenvalue weighted by Gasteiger charge is 2.27. The Hall–Kier alpha value is -2.04. The zero-order valence-corrected chi connectivity index (χ0v) is 22.3. The van der Waals surface area contributed by atoms with E-state index in [2.05, 4.69) is 68.2 Å². The van der Waals surface area contributed by atoms with Gasteiger partial charge in [0.25, 0.3) is 5.91 Å². The van der Waals surface area contributed by atoms with Crippen LogP contribution in [0.4, 0.5) is 10.1 Å². The van der Waals surface area contributed by atoms with Gasteiger partial charge in [-0.15, -0.1) is 0 Å². The van der Waals surface area contributed by atoms with E-state index in [1.54, 1.807) is 18.2 Å². The predicted octanol–water partition coefficient (Wildman–Crippen LogP) is 6.93. The molecule has 3 aromatic carbocycles. The molecule has 1 heterocycles. The average molecular weight is 639 g/mol. The fourth-order valence-electron chi connectivity index (χ4n) is 3.27. The topological polar surface area (TPSA) is 50.4 Å². The van der Waals surface area contributed by atoms with Crippen LogP contribution in [-0.2, 0) is 17.8 Å². The minimum absolute atomic E-state index is 0.117. The molecule has 3 aromatic rings. The van der Waals surface area contributed by atoms with E-state index >= 15 is 0 Å². The molecule has 33 heavy (non-hydrogen) atoms. The molecule has 0 saturated carbocycles. The number of anilines is 1. The van der Waals surface area contributed by atoms with Crippen LogP contribution in [0, 0.1) is 9.39 Å². The first kappa shape index (κ1) is 24.1. The Morgan fingerprint density at radius 3 is 2.67 bits per heavy atom. The van der Waals surface area contributed by atoms with Gasteiger partial charge in [0.05, 0.1) is 12.9 Å². The summed E-state index contributed by atoms with van der Waals surface area (Å²) in [4.78, 5) is 13.1. The molecule has 1 aliphatic rings. The Balaban J connectivity index is 1.44. The molecule has 0 radical (unpaired) electrons. The van der Waals surface area contributed by atoms with Gasteiger partial charge in [-0.25, -0.2) is 4.39 Å². The van der Waals surface area contributed by atoms with Gasteiger partial charge in [0.2, 0.25) is 0 Å². The Kier molecular flexibility index (Phi) is 7.98. The van der Waals surface area contributed by atoms with Gasteiger partial charge in [-0.3, -0.25) is 4.79 Å². The molecule has 2 N–H and O–H groups in total. The van der Waals surface area contributed by atoms with Crippen molar-refractivity contribution in [3.8, 4) is 5.75 Å². The number of rotatable bonds is 7. The van der Waals surface area contributed by atoms with Gasteiger partial charge in [-0.2, -0.15) is 0 Å². The maximum atomic E-state index is 13.9. The number of nitrogens with one attached hydrogen (secondary N) is 2. The largest absolute Gasteiger partial charge is 0.486 e. The lowest BCUT2D eigenvalue weighted by atomic mass is 10.1. The molecule has 1 fully saturated rings. The lowest BCUT2D eigenvalue weighted by Gasteiger charge is -2.13. The Bertz CT molecular complexity index is 1180. The smallest absolute Gasteiger partial charge is 0.260 e. The highest BCUT2D eigenvalue weighted by molar-refractivity contribution is 14.1. The molecule has 1 amide bonds. The summed E-state index contributed by atoms with van der Waals surface area (Å²) < 4.78 is 21.4. The van der Waals surface area contributed by atoms with Crippen molar-refractivity contribution in [1.82, 2.24) is 5.32 Å². The number of benzene rings is 3. The number of hydrogen-bond acceptors (Lipinski definition) is 4. The van der Waals surface area contributed by atoms with E-state index < -0.39 is 0 Å². The monoisotopic (exact) mass is 638 g/mol. The first-order valence-electron chi connectivity index (χ1n) is 10.3. The first-order valence-corrected chi connectivity index (χ1v) is 13.1. The van der Waals surface area contributed by atoms with Crippen LogP contribution >= 0.6 is 50.3 Å². The van der Waals surface area contributed by atoms with Gasteiger partial charge >= 0.3 is 0 Å². The van der Waals surface area contributed by atoms with E-state index in [4.69, 9.17) is 4.74 Å². The quantitative estimate of drug-likeness (QED) is 0.218. The fourth-order valence-corrected chi connectivity index (χ4v) is 6.02. The van der Waals surface area contributed by atoms with E-state index in [0.29, 0.717) is 16.2 Å². The molecule has 0 unspecified atom stereocenters. The molecule has 8 heteroatoms. The maximum absolute atomic E-state index is 13.9. The van der Waals surface area contributed by atoms with Crippen molar-refractivity contribution < 1.29 is 13.9 Å². The summed E-state index contributed by atoms with van der Waals surface area (Å²) in [6.45, 7) is 2.25. The van der Waals surface area contributed by atoms with Crippen molar-refractivity contribution in [1.29, 1.82) is 0 Å². The second kappa shape index (κ2) is 10.9. The molecule has 4 rings (SSSR count). The molecule has 170 valence electrons. The molecular weight excluding hydrogens is 618 g/mol. The van der Waals surface area contributed by atoms with Crippen molar-refractivity contribution in [3.05, 3.63) is 96.1 Å². The number of amides is 1. The number of hydrogen-bond donors (Lipinski definition) is 2. The van der Waals surface area contributed by atoms with Gasteiger partial charge in [0.15, 0.2) is 5.50 Å². The third-order valence-electron chi connectivity index (χ3n) is 5.04. The van der Waals surface area contributed by atoms with E-state index in [1.807, 2.05) is 30.3 Å². The third-order valence-corrected chi connectivity index (χ3v) is 7.46. The minimum atomic E-state index is -0.293. The van der Waals surface area contributed by atoms with Crippen LogP contribution in [0.2, 0.25) is 0 Å². The van der Waals surface area contributed by atoms with Gasteiger partial charge in [0.1, 0.15) is 18.2 Å². The van der Waals surface area contributed by atoms with E-state index in [9.17, 15) is 9.18 Å². The molecule has 0 bridgehead atoms. The van der Waals surface area contributed by atoms with Gasteiger partial charge in [-0.1, -0.05) is 49.0 Å². The summed E-state index contributed by atoms with van der Waals surface area (Å²) in [5.41, 5.74) is 3.36. The molecule has 0 aromatic heterocycles. The summed E-state index contributed by atoms with van der Waals surface area (Å²) >= 11 is 7.17. The van der Waals surface area contributed by atoms with Crippen molar-refractivity contribution in [3.63, 3.8) is 0 Å². The SMILES string of the molecule is CCc1ccc(N[C@@H]2NC(=O)/C(=C/c3cc(Br)c(OCc4ccccc4F)c(I)c3)S2)cc1. The van der Waals surface area contributed by atoms with Crippen LogP contribution < -0.4 is 15.4 Å². The lowest BCUT2D eigenvalue weighted by Crippen LogP contribution is -2.30. The standard InChI is InChI=1S/C25H21BrFIN2O2S/c1-2-15-7-9-18(10-8-15)29-25-30-24(31)22(33-25)13-16-11-19(26)23(21(28)12-16)32-14-17-5-3-4-6-20(17)27/h3-13,25,29H,2,14H2,1H3,(H,30,31)/b22-13-/t25-/m1/s1. The van der Waals surface area contributed by atoms with E-state index in [0.717, 1.165) is 25.7 Å². The summed E-state index contributed by atoms with van der Waals surface area (Å²) in [6, 6.07) is 18.6. The van der Waals surface area contributed by atoms with Crippen LogP contribution in [0.25, 0.3) is 6.08 Å². The number of halogens is 3. The van der Waals surface area contributed by atoms with Crippen LogP contribution in [0.1, 0.15) is 23.6 Å². The second-order valence-electron chi connectivity index (χ2n) is 7.37. The Morgan fingerprint density at radius 2 is 1.97 bits per heavy atom. The number of aryl methyl sites for hydroxylation is 1. The Labute approximate surface area is 218 Å². The van der Waals surface area contributed by atoms with Crippen molar-refractivity contribution in [2.75, 3.05) is 5.32 Å². The molecule has 0 spiro atoms. The number of carbonyl (C=O) groups is 1. The van der Waals surface area contributed by atoms with Crippen molar-refractivity contribution >= 4 is 68.0 Å². The highest BCUT2D eigenvalue weighted by Crippen LogP contribution is 2.35. The molecular formula is C25H21BrFIN2O2S. The van der Waals surface area contributed by atoms with Crippen LogP contribution in [-0.4, -0.2) is 11.4 Å². The summed E-state index contributed by atoms with van der Waals surface area (Å²) in [5.74, 6) is 0.229. The zero-order chi connectivity index (χ0) is 23.4. The van der Waals surface area contributed by atoms with Gasteiger partial charge in [-0.05, 0) is 92.5 Å². The van der Waals surface area contributed by atoms with Crippen LogP contribution in [0.15, 0.2) is 70.0 Å². The summed E-state index contributed by atoms with van der Waals surface area (Å²) in [6.07, 6.45) is 2.85. The second-order valence-corrected chi connectivity index (χ2v) is 10.5. The van der Waals surface area contributed by atoms with Crippen molar-refractivity contribution in [2.45, 2.75) is 25.4 Å². The predicted molar refractivity (Wildman–Crippen MR) is 145 cm³/mol. The molecule has 4 nitrogen and oxygen atoms in total. The zero-order valence-electron chi connectivity index (χ0n) is 17.7. The fraction of sp³-hybridized carbons (Fsp3) is 0.160. The summed E-state index contributed by atoms with van der Waals surface area (Å²) in [5, 5.41) is 6.29. The normalized spacial score (nSPS) is 16.7. The first-order chi connectivity index (χ1) is 15.9. The van der Waals surface area contributed by atoms with E-state index in [-0.39, 0.29) is 23.8 Å². The molecule has 0 aliphatic carbocycles. The average Bonchev–Trinajstić information content (AvgIpc) is 3.13. The molecule has 1 aliphatic heterocycles. The summed E-state index contributed by atoms with van der Waals surface area (Å²) in [7, 11) is 0. The molecule has 1 saturated heterocycles. The van der Waals surface area contributed by atoms with Crippen LogP contribution in [0.5, 0.6) is 5.75 Å². The number of carbonyl (C=O) groups excluding carboxylic acids is 1.